The fourth-order valence-electron chi connectivity index (χ4n) is 3.24. The Bertz CT molecular complexity index is 609. The third-order valence-corrected chi connectivity index (χ3v) is 4.73. The van der Waals surface area contributed by atoms with Gasteiger partial charge in [-0.3, -0.25) is 9.59 Å². The number of nitrogens with one attached hydrogen (secondary N) is 2. The first-order valence-corrected chi connectivity index (χ1v) is 8.24. The van der Waals surface area contributed by atoms with E-state index in [1.54, 1.807) is 6.07 Å². The summed E-state index contributed by atoms with van der Waals surface area (Å²) in [6.07, 6.45) is 4.22. The fraction of sp³-hybridized carbons (Fsp3) is 0.529. The normalized spacial score (nSPS) is 24.4. The van der Waals surface area contributed by atoms with Crippen molar-refractivity contribution in [2.24, 2.45) is 5.73 Å². The second-order valence-electron chi connectivity index (χ2n) is 6.54. The zero-order valence-electron chi connectivity index (χ0n) is 13.5. The number of hydrogen-bond acceptors (Lipinski definition) is 4. The van der Waals surface area contributed by atoms with Gasteiger partial charge in [0.2, 0.25) is 5.91 Å². The Morgan fingerprint density at radius 1 is 1.30 bits per heavy atom. The number of benzene rings is 1. The van der Waals surface area contributed by atoms with Crippen LogP contribution in [0.15, 0.2) is 18.2 Å². The zero-order valence-corrected chi connectivity index (χ0v) is 13.5. The van der Waals surface area contributed by atoms with Crippen molar-refractivity contribution in [3.63, 3.8) is 0 Å². The van der Waals surface area contributed by atoms with E-state index in [-0.39, 0.29) is 23.9 Å². The lowest BCUT2D eigenvalue weighted by Gasteiger charge is -2.27. The van der Waals surface area contributed by atoms with Crippen molar-refractivity contribution in [3.05, 3.63) is 23.8 Å². The lowest BCUT2D eigenvalue weighted by atomic mass is 9.91. The van der Waals surface area contributed by atoms with Crippen molar-refractivity contribution in [2.45, 2.75) is 44.2 Å². The van der Waals surface area contributed by atoms with E-state index in [2.05, 4.69) is 10.6 Å². The topological polar surface area (TPSA) is 87.5 Å². The fourth-order valence-corrected chi connectivity index (χ4v) is 3.24. The molecule has 124 valence electrons. The van der Waals surface area contributed by atoms with Crippen LogP contribution in [0.2, 0.25) is 0 Å². The van der Waals surface area contributed by atoms with Crippen LogP contribution in [0.3, 0.4) is 0 Å². The molecule has 4 N–H and O–H groups in total. The van der Waals surface area contributed by atoms with Crippen LogP contribution >= 0.6 is 0 Å². The molecular formula is C17H24N4O2. The summed E-state index contributed by atoms with van der Waals surface area (Å²) in [5.74, 6) is -0.108. The van der Waals surface area contributed by atoms with E-state index in [0.29, 0.717) is 24.2 Å². The molecule has 1 saturated carbocycles. The lowest BCUT2D eigenvalue weighted by Crippen LogP contribution is -2.40. The molecule has 2 aliphatic rings. The van der Waals surface area contributed by atoms with Crippen molar-refractivity contribution in [1.82, 2.24) is 5.32 Å². The third-order valence-electron chi connectivity index (χ3n) is 4.73. The second kappa shape index (κ2) is 6.58. The minimum Gasteiger partial charge on any atom is -0.372 e. The van der Waals surface area contributed by atoms with Gasteiger partial charge in [0.15, 0.2) is 0 Å². The lowest BCUT2D eigenvalue weighted by molar-refractivity contribution is -0.115. The molecule has 23 heavy (non-hydrogen) atoms. The Hall–Kier alpha value is -2.08. The maximum atomic E-state index is 12.5. The molecule has 1 heterocycles. The molecule has 1 aliphatic heterocycles. The molecule has 6 nitrogen and oxygen atoms in total. The predicted octanol–water partition coefficient (Wildman–Crippen LogP) is 1.46. The summed E-state index contributed by atoms with van der Waals surface area (Å²) in [4.78, 5) is 26.3. The van der Waals surface area contributed by atoms with E-state index >= 15 is 0 Å². The smallest absolute Gasteiger partial charge is 0.251 e. The maximum Gasteiger partial charge on any atom is 0.251 e. The van der Waals surface area contributed by atoms with Crippen LogP contribution in [-0.4, -0.2) is 37.5 Å². The van der Waals surface area contributed by atoms with E-state index in [1.165, 1.54) is 0 Å². The second-order valence-corrected chi connectivity index (χ2v) is 6.54. The van der Waals surface area contributed by atoms with Crippen LogP contribution in [0.25, 0.3) is 0 Å². The molecule has 0 atom stereocenters. The van der Waals surface area contributed by atoms with Crippen molar-refractivity contribution >= 4 is 23.2 Å². The van der Waals surface area contributed by atoms with Crippen molar-refractivity contribution < 1.29 is 9.59 Å². The van der Waals surface area contributed by atoms with Crippen LogP contribution in [0.1, 0.15) is 42.5 Å². The van der Waals surface area contributed by atoms with E-state index in [4.69, 9.17) is 5.73 Å². The Labute approximate surface area is 136 Å². The standard InChI is InChI=1S/C17H24N4O2/c1-21-9-8-16(22)20-14-10-11(2-7-15(14)21)17(23)19-13-5-3-12(18)4-6-13/h2,7,10,12-13H,3-6,8-9,18H2,1H3,(H,19,23)(H,20,22). The minimum atomic E-state index is -0.0885. The summed E-state index contributed by atoms with van der Waals surface area (Å²) >= 11 is 0. The summed E-state index contributed by atoms with van der Waals surface area (Å²) in [6.45, 7) is 0.673. The average molecular weight is 316 g/mol. The number of carbonyl (C=O) groups excluding carboxylic acids is 2. The van der Waals surface area contributed by atoms with E-state index in [1.807, 2.05) is 24.1 Å². The molecule has 0 unspecified atom stereocenters. The maximum absolute atomic E-state index is 12.5. The van der Waals surface area contributed by atoms with Crippen molar-refractivity contribution in [2.75, 3.05) is 23.8 Å². The molecule has 1 aromatic carbocycles. The number of rotatable bonds is 2. The number of amides is 2. The van der Waals surface area contributed by atoms with Gasteiger partial charge in [-0.2, -0.15) is 0 Å². The molecule has 2 amide bonds. The highest BCUT2D eigenvalue weighted by Crippen LogP contribution is 2.29. The summed E-state index contributed by atoms with van der Waals surface area (Å²) in [7, 11) is 1.95. The molecule has 0 radical (unpaired) electrons. The summed E-state index contributed by atoms with van der Waals surface area (Å²) < 4.78 is 0. The van der Waals surface area contributed by atoms with E-state index < -0.39 is 0 Å². The number of hydrogen-bond donors (Lipinski definition) is 3. The van der Waals surface area contributed by atoms with Gasteiger partial charge < -0.3 is 21.3 Å². The molecule has 0 saturated heterocycles. The molecule has 0 spiro atoms. The van der Waals surface area contributed by atoms with Gasteiger partial charge in [0, 0.05) is 37.7 Å². The third kappa shape index (κ3) is 3.64. The molecule has 3 rings (SSSR count). The summed E-state index contributed by atoms with van der Waals surface area (Å²) in [5.41, 5.74) is 8.12. The molecule has 1 aromatic rings. The predicted molar refractivity (Wildman–Crippen MR) is 90.7 cm³/mol. The SMILES string of the molecule is CN1CCC(=O)Nc2cc(C(=O)NC3CCC(N)CC3)ccc21. The van der Waals surface area contributed by atoms with Gasteiger partial charge in [0.1, 0.15) is 0 Å². The highest BCUT2D eigenvalue weighted by atomic mass is 16.2. The van der Waals surface area contributed by atoms with E-state index in [0.717, 1.165) is 31.4 Å². The quantitative estimate of drug-likeness (QED) is 0.771. The average Bonchev–Trinajstić information content (AvgIpc) is 2.68. The first-order chi connectivity index (χ1) is 11.0. The summed E-state index contributed by atoms with van der Waals surface area (Å²) in [6, 6.07) is 5.93. The zero-order chi connectivity index (χ0) is 16.4. The van der Waals surface area contributed by atoms with Crippen LogP contribution in [0, 0.1) is 0 Å². The molecule has 1 aliphatic carbocycles. The van der Waals surface area contributed by atoms with Gasteiger partial charge >= 0.3 is 0 Å². The summed E-state index contributed by atoms with van der Waals surface area (Å²) in [5, 5.41) is 5.96. The molecule has 6 heteroatoms. The molecular weight excluding hydrogens is 292 g/mol. The Morgan fingerprint density at radius 3 is 2.78 bits per heavy atom. The van der Waals surface area contributed by atoms with Crippen LogP contribution < -0.4 is 21.3 Å². The highest BCUT2D eigenvalue weighted by molar-refractivity contribution is 6.01. The van der Waals surface area contributed by atoms with Gasteiger partial charge in [-0.05, 0) is 43.9 Å². The monoisotopic (exact) mass is 316 g/mol. The van der Waals surface area contributed by atoms with Gasteiger partial charge in [-0.15, -0.1) is 0 Å². The molecule has 0 aromatic heterocycles. The Balaban J connectivity index is 1.73. The Morgan fingerprint density at radius 2 is 2.04 bits per heavy atom. The first kappa shape index (κ1) is 15.8. The van der Waals surface area contributed by atoms with Crippen LogP contribution in [-0.2, 0) is 4.79 Å². The van der Waals surface area contributed by atoms with Gasteiger partial charge in [0.05, 0.1) is 11.4 Å². The highest BCUT2D eigenvalue weighted by Gasteiger charge is 2.22. The molecule has 0 bridgehead atoms. The Kier molecular flexibility index (Phi) is 4.52. The number of nitrogens with two attached hydrogens (primary N) is 1. The number of anilines is 2. The van der Waals surface area contributed by atoms with Gasteiger partial charge in [-0.25, -0.2) is 0 Å². The number of carbonyl (C=O) groups is 2. The largest absolute Gasteiger partial charge is 0.372 e. The van der Waals surface area contributed by atoms with Crippen LogP contribution in [0.5, 0.6) is 0 Å². The van der Waals surface area contributed by atoms with Crippen molar-refractivity contribution in [1.29, 1.82) is 0 Å². The number of nitrogens with zero attached hydrogens (tertiary/aromatic N) is 1. The van der Waals surface area contributed by atoms with Crippen molar-refractivity contribution in [3.8, 4) is 0 Å². The van der Waals surface area contributed by atoms with Gasteiger partial charge in [-0.1, -0.05) is 0 Å². The van der Waals surface area contributed by atoms with Gasteiger partial charge in [0.25, 0.3) is 5.91 Å². The first-order valence-electron chi connectivity index (χ1n) is 8.24. The minimum absolute atomic E-state index is 0.0190. The molecule has 1 fully saturated rings. The number of fused-ring (bicyclic) bond motifs is 1. The van der Waals surface area contributed by atoms with Crippen LogP contribution in [0.4, 0.5) is 11.4 Å². The van der Waals surface area contributed by atoms with E-state index in [9.17, 15) is 9.59 Å².